The van der Waals surface area contributed by atoms with Crippen LogP contribution in [0.15, 0.2) is 6.07 Å². The second-order valence-electron chi connectivity index (χ2n) is 8.66. The summed E-state index contributed by atoms with van der Waals surface area (Å²) in [6, 6.07) is 0.782. The first kappa shape index (κ1) is 22.1. The Bertz CT molecular complexity index is 821. The highest BCUT2D eigenvalue weighted by Gasteiger charge is 2.33. The summed E-state index contributed by atoms with van der Waals surface area (Å²) in [7, 11) is 0. The van der Waals surface area contributed by atoms with Crippen molar-refractivity contribution in [3.8, 4) is 0 Å². The Morgan fingerprint density at radius 3 is 2.50 bits per heavy atom. The molecule has 2 aliphatic rings. The molecule has 1 heterocycles. The van der Waals surface area contributed by atoms with Crippen LogP contribution in [0, 0.1) is 11.6 Å². The van der Waals surface area contributed by atoms with Gasteiger partial charge in [-0.3, -0.25) is 0 Å². The molecule has 1 aromatic carbocycles. The van der Waals surface area contributed by atoms with Crippen molar-refractivity contribution in [1.82, 2.24) is 5.32 Å². The lowest BCUT2D eigenvalue weighted by Gasteiger charge is -2.24. The van der Waals surface area contributed by atoms with E-state index in [0.717, 1.165) is 18.9 Å². The van der Waals surface area contributed by atoms with Gasteiger partial charge in [-0.05, 0) is 47.0 Å². The van der Waals surface area contributed by atoms with E-state index in [1.807, 2.05) is 0 Å². The van der Waals surface area contributed by atoms with Crippen LogP contribution in [0.4, 0.5) is 25.0 Å². The van der Waals surface area contributed by atoms with Crippen molar-refractivity contribution in [3.63, 3.8) is 0 Å². The van der Waals surface area contributed by atoms with E-state index in [1.165, 1.54) is 0 Å². The van der Waals surface area contributed by atoms with Crippen LogP contribution < -0.4 is 15.5 Å². The molecule has 1 aliphatic heterocycles. The number of amides is 1. The highest BCUT2D eigenvalue weighted by atomic mass is 19.1. The molecular formula is C21H29F2N3O4. The molecule has 7 nitrogen and oxygen atoms in total. The first-order chi connectivity index (χ1) is 14.1. The Morgan fingerprint density at radius 1 is 1.20 bits per heavy atom. The van der Waals surface area contributed by atoms with Gasteiger partial charge in [0.2, 0.25) is 0 Å². The number of hydrogen-bond acceptors (Lipinski definition) is 6. The van der Waals surface area contributed by atoms with Gasteiger partial charge < -0.3 is 25.0 Å². The average molecular weight is 425 g/mol. The second kappa shape index (κ2) is 8.65. The quantitative estimate of drug-likeness (QED) is 0.675. The van der Waals surface area contributed by atoms with E-state index in [0.29, 0.717) is 19.5 Å². The highest BCUT2D eigenvalue weighted by molar-refractivity contribution is 5.97. The molecule has 1 saturated carbocycles. The summed E-state index contributed by atoms with van der Waals surface area (Å²) in [4.78, 5) is 25.9. The van der Waals surface area contributed by atoms with Crippen molar-refractivity contribution >= 4 is 23.4 Å². The Balaban J connectivity index is 1.80. The lowest BCUT2D eigenvalue weighted by atomic mass is 10.1. The third-order valence-electron chi connectivity index (χ3n) is 4.85. The normalized spacial score (nSPS) is 18.9. The summed E-state index contributed by atoms with van der Waals surface area (Å²) in [5.41, 5.74) is -1.14. The van der Waals surface area contributed by atoms with Gasteiger partial charge in [-0.15, -0.1) is 0 Å². The number of nitrogens with zero attached hydrogens (tertiary/aromatic N) is 1. The van der Waals surface area contributed by atoms with Gasteiger partial charge in [0.25, 0.3) is 0 Å². The monoisotopic (exact) mass is 425 g/mol. The molecule has 0 bridgehead atoms. The molecule has 1 atom stereocenters. The number of esters is 1. The number of halogens is 2. The summed E-state index contributed by atoms with van der Waals surface area (Å²) in [5, 5.41) is 5.70. The molecule has 1 aromatic rings. The number of nitrogens with one attached hydrogen (secondary N) is 2. The Hall–Kier alpha value is -2.58. The molecule has 2 N–H and O–H groups in total. The van der Waals surface area contributed by atoms with E-state index < -0.39 is 34.9 Å². The van der Waals surface area contributed by atoms with Crippen LogP contribution in [0.2, 0.25) is 0 Å². The van der Waals surface area contributed by atoms with Crippen molar-refractivity contribution in [1.29, 1.82) is 0 Å². The molecule has 0 radical (unpaired) electrons. The minimum Gasteiger partial charge on any atom is -0.462 e. The Morgan fingerprint density at radius 2 is 1.90 bits per heavy atom. The fourth-order valence-corrected chi connectivity index (χ4v) is 3.38. The standard InChI is InChI=1S/C21H29F2N3O4/c1-5-29-19(27)16-14(22)10-15(17(23)18(16)24-12-6-7-12)26-9-8-13(11-26)25-20(28)30-21(2,3)4/h10,12-13,24H,5-9,11H2,1-4H3,(H,25,28)/t13-/m0/s1. The van der Waals surface area contributed by atoms with Crippen LogP contribution in [0.1, 0.15) is 57.3 Å². The molecule has 2 fully saturated rings. The van der Waals surface area contributed by atoms with Crippen LogP contribution in [0.5, 0.6) is 0 Å². The number of ether oxygens (including phenoxy) is 2. The van der Waals surface area contributed by atoms with Crippen molar-refractivity contribution in [3.05, 3.63) is 23.3 Å². The topological polar surface area (TPSA) is 79.9 Å². The maximum absolute atomic E-state index is 15.4. The molecular weight excluding hydrogens is 396 g/mol. The molecule has 1 amide bonds. The number of carbonyl (C=O) groups excluding carboxylic acids is 2. The molecule has 1 aliphatic carbocycles. The molecule has 3 rings (SSSR count). The number of anilines is 2. The van der Waals surface area contributed by atoms with Gasteiger partial charge >= 0.3 is 12.1 Å². The lowest BCUT2D eigenvalue weighted by Crippen LogP contribution is -2.40. The van der Waals surface area contributed by atoms with E-state index in [9.17, 15) is 14.0 Å². The molecule has 30 heavy (non-hydrogen) atoms. The van der Waals surface area contributed by atoms with Crippen molar-refractivity contribution in [2.24, 2.45) is 0 Å². The summed E-state index contributed by atoms with van der Waals surface area (Å²) in [5.74, 6) is -2.42. The van der Waals surface area contributed by atoms with Crippen molar-refractivity contribution in [2.45, 2.75) is 64.6 Å². The first-order valence-electron chi connectivity index (χ1n) is 10.3. The zero-order valence-electron chi connectivity index (χ0n) is 17.8. The minimum absolute atomic E-state index is 0.0162. The van der Waals surface area contributed by atoms with E-state index in [4.69, 9.17) is 9.47 Å². The van der Waals surface area contributed by atoms with Gasteiger partial charge in [0.15, 0.2) is 5.82 Å². The number of rotatable bonds is 6. The Labute approximate surface area is 175 Å². The summed E-state index contributed by atoms with van der Waals surface area (Å²) in [6.45, 7) is 7.71. The van der Waals surface area contributed by atoms with Crippen molar-refractivity contribution < 1.29 is 27.8 Å². The fraction of sp³-hybridized carbons (Fsp3) is 0.619. The Kier molecular flexibility index (Phi) is 6.38. The summed E-state index contributed by atoms with van der Waals surface area (Å²) < 4.78 is 40.4. The second-order valence-corrected chi connectivity index (χ2v) is 8.66. The van der Waals surface area contributed by atoms with Crippen molar-refractivity contribution in [2.75, 3.05) is 29.9 Å². The van der Waals surface area contributed by atoms with Gasteiger partial charge in [0.1, 0.15) is 17.0 Å². The molecule has 1 saturated heterocycles. The predicted octanol–water partition coefficient (Wildman–Crippen LogP) is 3.82. The summed E-state index contributed by atoms with van der Waals surface area (Å²) >= 11 is 0. The molecule has 166 valence electrons. The van der Waals surface area contributed by atoms with Gasteiger partial charge in [0, 0.05) is 25.2 Å². The average Bonchev–Trinajstić information content (AvgIpc) is 3.33. The van der Waals surface area contributed by atoms with Crippen LogP contribution in [0.25, 0.3) is 0 Å². The fourth-order valence-electron chi connectivity index (χ4n) is 3.38. The molecule has 0 spiro atoms. The maximum atomic E-state index is 15.4. The largest absolute Gasteiger partial charge is 0.462 e. The van der Waals surface area contributed by atoms with Crippen LogP contribution in [0.3, 0.4) is 0 Å². The van der Waals surface area contributed by atoms with E-state index >= 15 is 4.39 Å². The lowest BCUT2D eigenvalue weighted by molar-refractivity contribution is 0.0502. The molecule has 0 aromatic heterocycles. The number of carbonyl (C=O) groups is 2. The maximum Gasteiger partial charge on any atom is 0.407 e. The zero-order chi connectivity index (χ0) is 22.1. The van der Waals surface area contributed by atoms with Crippen LogP contribution >= 0.6 is 0 Å². The molecule has 0 unspecified atom stereocenters. The van der Waals surface area contributed by atoms with Gasteiger partial charge in [-0.2, -0.15) is 0 Å². The zero-order valence-corrected chi connectivity index (χ0v) is 17.8. The SMILES string of the molecule is CCOC(=O)c1c(F)cc(N2CC[C@H](NC(=O)OC(C)(C)C)C2)c(F)c1NC1CC1. The smallest absolute Gasteiger partial charge is 0.407 e. The van der Waals surface area contributed by atoms with Gasteiger partial charge in [-0.1, -0.05) is 0 Å². The number of alkyl carbamates (subject to hydrolysis) is 1. The third-order valence-corrected chi connectivity index (χ3v) is 4.85. The summed E-state index contributed by atoms with van der Waals surface area (Å²) in [6.07, 6.45) is 1.68. The minimum atomic E-state index is -0.894. The number of hydrogen-bond donors (Lipinski definition) is 2. The van der Waals surface area contributed by atoms with Gasteiger partial charge in [-0.25, -0.2) is 18.4 Å². The number of benzene rings is 1. The van der Waals surface area contributed by atoms with E-state index in [2.05, 4.69) is 10.6 Å². The van der Waals surface area contributed by atoms with Crippen LogP contribution in [-0.2, 0) is 9.47 Å². The van der Waals surface area contributed by atoms with Crippen LogP contribution in [-0.4, -0.2) is 49.4 Å². The van der Waals surface area contributed by atoms with E-state index in [1.54, 1.807) is 32.6 Å². The van der Waals surface area contributed by atoms with E-state index in [-0.39, 0.29) is 30.1 Å². The highest BCUT2D eigenvalue weighted by Crippen LogP contribution is 2.37. The predicted molar refractivity (Wildman–Crippen MR) is 109 cm³/mol. The first-order valence-corrected chi connectivity index (χ1v) is 10.3. The molecule has 9 heteroatoms. The third kappa shape index (κ3) is 5.31. The van der Waals surface area contributed by atoms with Gasteiger partial charge in [0.05, 0.1) is 24.0 Å².